The Morgan fingerprint density at radius 1 is 1.15 bits per heavy atom. The molecule has 176 valence electrons. The van der Waals surface area contributed by atoms with Crippen LogP contribution in [-0.2, 0) is 21.1 Å². The van der Waals surface area contributed by atoms with Crippen LogP contribution >= 0.6 is 0 Å². The number of carbonyl (C=O) groups excluding carboxylic acids is 3. The third-order valence-electron chi connectivity index (χ3n) is 5.15. The van der Waals surface area contributed by atoms with Crippen LogP contribution < -0.4 is 15.0 Å². The number of hydrogen-bond donors (Lipinski definition) is 2. The van der Waals surface area contributed by atoms with Gasteiger partial charge in [0.1, 0.15) is 9.84 Å². The fourth-order valence-corrected chi connectivity index (χ4v) is 4.71. The Labute approximate surface area is 191 Å². The Morgan fingerprint density at radius 2 is 1.88 bits per heavy atom. The minimum absolute atomic E-state index is 0.00291. The second-order valence-electron chi connectivity index (χ2n) is 7.48. The molecule has 1 aliphatic heterocycles. The zero-order valence-corrected chi connectivity index (χ0v) is 19.1. The summed E-state index contributed by atoms with van der Waals surface area (Å²) in [6.45, 7) is 2.09. The lowest BCUT2D eigenvalue weighted by Gasteiger charge is -2.27. The first-order valence-electron chi connectivity index (χ1n) is 10.0. The molecule has 3 rings (SSSR count). The summed E-state index contributed by atoms with van der Waals surface area (Å²) in [6, 6.07) is 7.99. The van der Waals surface area contributed by atoms with Gasteiger partial charge in [-0.05, 0) is 36.2 Å². The van der Waals surface area contributed by atoms with Crippen molar-refractivity contribution in [2.45, 2.75) is 19.4 Å². The third kappa shape index (κ3) is 4.99. The SMILES string of the molecule is CCOc1cc([C@@H](CS(C)(=O)=O)N2C(=O)c3cccc(CC(=O)NO)c3C2=O)ccc1OC. The fraction of sp³-hybridized carbons (Fsp3) is 0.318. The van der Waals surface area contributed by atoms with Crippen LogP contribution in [0.25, 0.3) is 0 Å². The number of hydrogen-bond acceptors (Lipinski definition) is 8. The molecule has 0 fully saturated rings. The van der Waals surface area contributed by atoms with Crippen molar-refractivity contribution in [3.8, 4) is 11.5 Å². The van der Waals surface area contributed by atoms with Gasteiger partial charge >= 0.3 is 0 Å². The number of methoxy groups -OCH3 is 1. The molecule has 0 radical (unpaired) electrons. The molecular weight excluding hydrogens is 452 g/mol. The minimum Gasteiger partial charge on any atom is -0.493 e. The number of hydroxylamine groups is 1. The summed E-state index contributed by atoms with van der Waals surface area (Å²) in [4.78, 5) is 39.2. The summed E-state index contributed by atoms with van der Waals surface area (Å²) in [5, 5.41) is 8.84. The number of sulfone groups is 1. The molecule has 0 saturated heterocycles. The highest BCUT2D eigenvalue weighted by atomic mass is 32.2. The van der Waals surface area contributed by atoms with Crippen molar-refractivity contribution in [3.05, 3.63) is 58.7 Å². The molecular formula is C22H24N2O8S. The molecule has 1 heterocycles. The van der Waals surface area contributed by atoms with Gasteiger partial charge < -0.3 is 9.47 Å². The maximum Gasteiger partial charge on any atom is 0.262 e. The first kappa shape index (κ1) is 24.2. The van der Waals surface area contributed by atoms with Gasteiger partial charge in [0.05, 0.1) is 43.1 Å². The van der Waals surface area contributed by atoms with Crippen LogP contribution in [0, 0.1) is 0 Å². The van der Waals surface area contributed by atoms with Crippen molar-refractivity contribution in [1.82, 2.24) is 10.4 Å². The van der Waals surface area contributed by atoms with Gasteiger partial charge in [0.15, 0.2) is 11.5 Å². The average molecular weight is 477 g/mol. The van der Waals surface area contributed by atoms with Gasteiger partial charge in [-0.2, -0.15) is 0 Å². The average Bonchev–Trinajstić information content (AvgIpc) is 3.02. The van der Waals surface area contributed by atoms with E-state index in [4.69, 9.17) is 14.7 Å². The number of ether oxygens (including phenoxy) is 2. The predicted octanol–water partition coefficient (Wildman–Crippen LogP) is 1.52. The second kappa shape index (κ2) is 9.59. The monoisotopic (exact) mass is 476 g/mol. The van der Waals surface area contributed by atoms with E-state index in [2.05, 4.69) is 0 Å². The molecule has 0 aromatic heterocycles. The molecule has 10 nitrogen and oxygen atoms in total. The molecule has 11 heteroatoms. The van der Waals surface area contributed by atoms with Gasteiger partial charge in [0, 0.05) is 6.26 Å². The van der Waals surface area contributed by atoms with Crippen molar-refractivity contribution in [3.63, 3.8) is 0 Å². The molecule has 0 aliphatic carbocycles. The second-order valence-corrected chi connectivity index (χ2v) is 9.67. The first-order chi connectivity index (χ1) is 15.6. The highest BCUT2D eigenvalue weighted by Gasteiger charge is 2.43. The molecule has 2 N–H and O–H groups in total. The van der Waals surface area contributed by atoms with E-state index in [0.29, 0.717) is 23.7 Å². The molecule has 0 spiro atoms. The zero-order chi connectivity index (χ0) is 24.3. The van der Waals surface area contributed by atoms with Gasteiger partial charge in [-0.3, -0.25) is 24.5 Å². The fourth-order valence-electron chi connectivity index (χ4n) is 3.79. The number of nitrogens with zero attached hydrogens (tertiary/aromatic N) is 1. The van der Waals surface area contributed by atoms with Crippen molar-refractivity contribution < 1.29 is 37.5 Å². The van der Waals surface area contributed by atoms with E-state index in [-0.39, 0.29) is 23.1 Å². The third-order valence-corrected chi connectivity index (χ3v) is 6.07. The van der Waals surface area contributed by atoms with E-state index < -0.39 is 39.4 Å². The Hall–Kier alpha value is -3.44. The molecule has 3 amide bonds. The van der Waals surface area contributed by atoms with Crippen molar-refractivity contribution in [2.75, 3.05) is 25.7 Å². The smallest absolute Gasteiger partial charge is 0.262 e. The van der Waals surface area contributed by atoms with Crippen LogP contribution in [0.3, 0.4) is 0 Å². The quantitative estimate of drug-likeness (QED) is 0.316. The van der Waals surface area contributed by atoms with E-state index in [1.165, 1.54) is 30.8 Å². The Morgan fingerprint density at radius 3 is 2.48 bits per heavy atom. The van der Waals surface area contributed by atoms with Gasteiger partial charge in [0.25, 0.3) is 11.8 Å². The molecule has 0 bridgehead atoms. The number of imide groups is 1. The lowest BCUT2D eigenvalue weighted by Crippen LogP contribution is -2.38. The summed E-state index contributed by atoms with van der Waals surface area (Å²) < 4.78 is 35.4. The van der Waals surface area contributed by atoms with Crippen molar-refractivity contribution in [2.24, 2.45) is 0 Å². The lowest BCUT2D eigenvalue weighted by atomic mass is 10.00. The largest absolute Gasteiger partial charge is 0.493 e. The van der Waals surface area contributed by atoms with Crippen LogP contribution in [0.5, 0.6) is 11.5 Å². The van der Waals surface area contributed by atoms with Gasteiger partial charge in [-0.15, -0.1) is 0 Å². The highest BCUT2D eigenvalue weighted by Crippen LogP contribution is 2.37. The predicted molar refractivity (Wildman–Crippen MR) is 117 cm³/mol. The summed E-state index contributed by atoms with van der Waals surface area (Å²) in [5.74, 6) is -1.91. The summed E-state index contributed by atoms with van der Waals surface area (Å²) in [6.07, 6.45) is 0.683. The van der Waals surface area contributed by atoms with Crippen molar-refractivity contribution >= 4 is 27.6 Å². The molecule has 0 saturated carbocycles. The van der Waals surface area contributed by atoms with E-state index in [1.807, 2.05) is 0 Å². The number of amides is 3. The number of fused-ring (bicyclic) bond motifs is 1. The minimum atomic E-state index is -3.63. The maximum atomic E-state index is 13.4. The first-order valence-corrected chi connectivity index (χ1v) is 12.1. The standard InChI is InChI=1S/C22H24N2O8S/c1-4-32-18-10-13(8-9-17(18)31-2)16(12-33(3,29)30)24-21(26)15-7-5-6-14(11-19(25)23-28)20(15)22(24)27/h5-10,16,28H,4,11-12H2,1-3H3,(H,23,25)/t16-/m1/s1. The van der Waals surface area contributed by atoms with Crippen molar-refractivity contribution in [1.29, 1.82) is 0 Å². The van der Waals surface area contributed by atoms with Crippen LogP contribution in [0.15, 0.2) is 36.4 Å². The van der Waals surface area contributed by atoms with Crippen LogP contribution in [0.4, 0.5) is 0 Å². The topological polar surface area (TPSA) is 139 Å². The van der Waals surface area contributed by atoms with Crippen LogP contribution in [-0.4, -0.2) is 62.0 Å². The molecule has 1 atom stereocenters. The number of nitrogens with one attached hydrogen (secondary N) is 1. The highest BCUT2D eigenvalue weighted by molar-refractivity contribution is 7.90. The van der Waals surface area contributed by atoms with E-state index >= 15 is 0 Å². The van der Waals surface area contributed by atoms with E-state index in [1.54, 1.807) is 25.1 Å². The summed E-state index contributed by atoms with van der Waals surface area (Å²) >= 11 is 0. The number of benzene rings is 2. The van der Waals surface area contributed by atoms with Gasteiger partial charge in [-0.1, -0.05) is 18.2 Å². The van der Waals surface area contributed by atoms with Crippen LogP contribution in [0.1, 0.15) is 44.8 Å². The van der Waals surface area contributed by atoms with E-state index in [0.717, 1.165) is 11.2 Å². The maximum absolute atomic E-state index is 13.4. The molecule has 33 heavy (non-hydrogen) atoms. The molecule has 2 aromatic rings. The molecule has 2 aromatic carbocycles. The van der Waals surface area contributed by atoms with Crippen LogP contribution in [0.2, 0.25) is 0 Å². The van der Waals surface area contributed by atoms with Gasteiger partial charge in [-0.25, -0.2) is 13.9 Å². The molecule has 1 aliphatic rings. The summed E-state index contributed by atoms with van der Waals surface area (Å²) in [7, 11) is -2.17. The Bertz CT molecular complexity index is 1210. The molecule has 0 unspecified atom stereocenters. The Kier molecular flexibility index (Phi) is 7.04. The normalized spacial score (nSPS) is 14.1. The van der Waals surface area contributed by atoms with Gasteiger partial charge in [0.2, 0.25) is 5.91 Å². The van der Waals surface area contributed by atoms with E-state index in [9.17, 15) is 22.8 Å². The Balaban J connectivity index is 2.12. The number of rotatable bonds is 9. The summed E-state index contributed by atoms with van der Waals surface area (Å²) in [5.41, 5.74) is 2.16. The lowest BCUT2D eigenvalue weighted by molar-refractivity contribution is -0.128. The number of carbonyl (C=O) groups is 3. The zero-order valence-electron chi connectivity index (χ0n) is 18.3.